The number of aliphatic carboxylic acids is 2. The molecule has 12 nitrogen and oxygen atoms in total. The summed E-state index contributed by atoms with van der Waals surface area (Å²) in [5.74, 6) is -4.19. The molecule has 1 aromatic rings. The van der Waals surface area contributed by atoms with E-state index in [1.807, 2.05) is 39.0 Å². The third kappa shape index (κ3) is 11.2. The number of anilines is 1. The molecule has 2 atom stereocenters. The lowest BCUT2D eigenvalue weighted by Gasteiger charge is -2.27. The molecule has 206 valence electrons. The van der Waals surface area contributed by atoms with Gasteiger partial charge in [0.2, 0.25) is 17.7 Å². The number of rotatable bonds is 17. The van der Waals surface area contributed by atoms with Crippen LogP contribution in [-0.2, 0) is 35.1 Å². The molecule has 0 saturated carbocycles. The Bertz CT molecular complexity index is 959. The number of carboxylic acid groups (broad SMARTS) is 2. The number of aryl methyl sites for hydroxylation is 2. The van der Waals surface area contributed by atoms with Crippen molar-refractivity contribution < 1.29 is 38.9 Å². The van der Waals surface area contributed by atoms with E-state index in [1.165, 1.54) is 0 Å². The largest absolute Gasteiger partial charge is 0.480 e. The highest BCUT2D eigenvalue weighted by atomic mass is 32.2. The molecule has 3 amide bonds. The molecule has 0 bridgehead atoms. The van der Waals surface area contributed by atoms with Crippen LogP contribution in [0.25, 0.3) is 0 Å². The number of nitrogens with one attached hydrogen (secondary N) is 2. The summed E-state index contributed by atoms with van der Waals surface area (Å²) in [6.45, 7) is 5.53. The molecule has 0 aliphatic heterocycles. The lowest BCUT2D eigenvalue weighted by Crippen LogP contribution is -2.49. The Morgan fingerprint density at radius 3 is 2.46 bits per heavy atom. The first-order valence-corrected chi connectivity index (χ1v) is 13.0. The van der Waals surface area contributed by atoms with E-state index < -0.39 is 42.4 Å². The number of benzene rings is 1. The lowest BCUT2D eigenvalue weighted by molar-refractivity contribution is -0.139. The molecule has 0 radical (unpaired) electrons. The number of nitrogens with two attached hydrogens (primary N) is 1. The minimum absolute atomic E-state index is 0.0230. The monoisotopic (exact) mass is 540 g/mol. The van der Waals surface area contributed by atoms with Crippen LogP contribution < -0.4 is 21.3 Å². The molecule has 0 saturated heterocycles. The molecule has 13 heteroatoms. The normalized spacial score (nSPS) is 12.3. The molecule has 0 spiro atoms. The summed E-state index contributed by atoms with van der Waals surface area (Å²) in [6, 6.07) is 3.39. The third-order valence-corrected chi connectivity index (χ3v) is 6.29. The van der Waals surface area contributed by atoms with E-state index in [0.717, 1.165) is 28.6 Å². The van der Waals surface area contributed by atoms with Gasteiger partial charge in [-0.05, 0) is 37.8 Å². The van der Waals surface area contributed by atoms with Crippen LogP contribution in [0.5, 0.6) is 0 Å². The van der Waals surface area contributed by atoms with Crippen LogP contribution >= 0.6 is 11.8 Å². The maximum absolute atomic E-state index is 13.2. The van der Waals surface area contributed by atoms with Crippen molar-refractivity contribution in [2.24, 2.45) is 5.73 Å². The van der Waals surface area contributed by atoms with E-state index in [1.54, 1.807) is 4.90 Å². The van der Waals surface area contributed by atoms with E-state index >= 15 is 0 Å². The standard InChI is InChI=1S/C24H36N4O8S/c1-4-16-8-6-7-15(3)22(16)28(14-36-5-2)20(30)13-37-12-18(23(33)26-11-21(31)32)27-19(29)10-9-17(25)24(34)35/h6-8,17-18H,4-5,9-14,25H2,1-3H3,(H,26,33)(H,27,29)(H,31,32)(H,34,35)/t17-,18?/m0/s1. The second-order valence-electron chi connectivity index (χ2n) is 8.11. The number of hydrogen-bond donors (Lipinski definition) is 5. The fourth-order valence-electron chi connectivity index (χ4n) is 3.32. The van der Waals surface area contributed by atoms with Crippen LogP contribution in [0.1, 0.15) is 37.8 Å². The van der Waals surface area contributed by atoms with Crippen molar-refractivity contribution in [2.45, 2.75) is 52.1 Å². The Hall–Kier alpha value is -3.16. The zero-order valence-corrected chi connectivity index (χ0v) is 22.1. The summed E-state index contributed by atoms with van der Waals surface area (Å²) in [5.41, 5.74) is 8.07. The lowest BCUT2D eigenvalue weighted by atomic mass is 10.0. The molecule has 0 fully saturated rings. The first kappa shape index (κ1) is 31.9. The topological polar surface area (TPSA) is 188 Å². The summed E-state index contributed by atoms with van der Waals surface area (Å²) >= 11 is 1.09. The van der Waals surface area contributed by atoms with E-state index in [4.69, 9.17) is 20.7 Å². The van der Waals surface area contributed by atoms with E-state index in [0.29, 0.717) is 13.0 Å². The summed E-state index contributed by atoms with van der Waals surface area (Å²) in [6.07, 6.45) is 0.331. The van der Waals surface area contributed by atoms with Gasteiger partial charge in [-0.1, -0.05) is 25.1 Å². The van der Waals surface area contributed by atoms with Crippen LogP contribution in [0.4, 0.5) is 5.69 Å². The number of nitrogens with zero attached hydrogens (tertiary/aromatic N) is 1. The van der Waals surface area contributed by atoms with Crippen molar-refractivity contribution in [3.63, 3.8) is 0 Å². The molecule has 37 heavy (non-hydrogen) atoms. The van der Waals surface area contributed by atoms with E-state index in [-0.39, 0.29) is 37.0 Å². The Kier molecular flexibility index (Phi) is 14.3. The van der Waals surface area contributed by atoms with Gasteiger partial charge in [-0.15, -0.1) is 11.8 Å². The Morgan fingerprint density at radius 2 is 1.86 bits per heavy atom. The quantitative estimate of drug-likeness (QED) is 0.174. The van der Waals surface area contributed by atoms with Gasteiger partial charge in [-0.25, -0.2) is 0 Å². The van der Waals surface area contributed by atoms with Crippen molar-refractivity contribution in [3.05, 3.63) is 29.3 Å². The summed E-state index contributed by atoms with van der Waals surface area (Å²) in [4.78, 5) is 61.2. The molecule has 6 N–H and O–H groups in total. The van der Waals surface area contributed by atoms with Crippen molar-refractivity contribution in [2.75, 3.05) is 36.3 Å². The molecule has 1 aromatic carbocycles. The molecule has 1 rings (SSSR count). The molecular weight excluding hydrogens is 504 g/mol. The van der Waals surface area contributed by atoms with Crippen molar-refractivity contribution in [1.82, 2.24) is 10.6 Å². The third-order valence-electron chi connectivity index (χ3n) is 5.27. The SMILES string of the molecule is CCOCN(C(=O)CSCC(NC(=O)CC[C@H](N)C(=O)O)C(=O)NCC(=O)O)c1c(C)cccc1CC. The van der Waals surface area contributed by atoms with Gasteiger partial charge >= 0.3 is 11.9 Å². The summed E-state index contributed by atoms with van der Waals surface area (Å²) in [7, 11) is 0. The molecule has 0 aliphatic rings. The van der Waals surface area contributed by atoms with Gasteiger partial charge in [0.05, 0.1) is 11.4 Å². The van der Waals surface area contributed by atoms with Crippen LogP contribution in [0, 0.1) is 6.92 Å². The number of thioether (sulfide) groups is 1. The Balaban J connectivity index is 2.91. The van der Waals surface area contributed by atoms with Gasteiger partial charge in [-0.3, -0.25) is 28.9 Å². The van der Waals surface area contributed by atoms with Crippen LogP contribution in [0.3, 0.4) is 0 Å². The van der Waals surface area contributed by atoms with Gasteiger partial charge in [0.1, 0.15) is 25.4 Å². The van der Waals surface area contributed by atoms with Crippen LogP contribution in [0.2, 0.25) is 0 Å². The van der Waals surface area contributed by atoms with Crippen LogP contribution in [0.15, 0.2) is 18.2 Å². The van der Waals surface area contributed by atoms with Gasteiger partial charge in [0, 0.05) is 18.8 Å². The molecule has 0 aliphatic carbocycles. The number of carbonyl (C=O) groups is 5. The highest BCUT2D eigenvalue weighted by molar-refractivity contribution is 8.00. The second-order valence-corrected chi connectivity index (χ2v) is 9.14. The summed E-state index contributed by atoms with van der Waals surface area (Å²) < 4.78 is 5.53. The maximum Gasteiger partial charge on any atom is 0.322 e. The highest BCUT2D eigenvalue weighted by Gasteiger charge is 2.25. The number of hydrogen-bond acceptors (Lipinski definition) is 8. The number of para-hydroxylation sites is 1. The number of carbonyl (C=O) groups excluding carboxylic acids is 3. The Morgan fingerprint density at radius 1 is 1.16 bits per heavy atom. The minimum Gasteiger partial charge on any atom is -0.480 e. The molecule has 0 heterocycles. The molecular formula is C24H36N4O8S. The van der Waals surface area contributed by atoms with Crippen molar-refractivity contribution >= 4 is 47.1 Å². The second kappa shape index (κ2) is 16.6. The maximum atomic E-state index is 13.2. The fraction of sp³-hybridized carbons (Fsp3) is 0.542. The predicted octanol–water partition coefficient (Wildman–Crippen LogP) is 0.495. The highest BCUT2D eigenvalue weighted by Crippen LogP contribution is 2.26. The van der Waals surface area contributed by atoms with E-state index in [9.17, 15) is 24.0 Å². The van der Waals surface area contributed by atoms with Crippen molar-refractivity contribution in [3.8, 4) is 0 Å². The number of amides is 3. The zero-order valence-electron chi connectivity index (χ0n) is 21.3. The average molecular weight is 541 g/mol. The minimum atomic E-state index is -1.26. The van der Waals surface area contributed by atoms with Gasteiger partial charge in [-0.2, -0.15) is 0 Å². The van der Waals surface area contributed by atoms with Gasteiger partial charge in [0.15, 0.2) is 0 Å². The fourth-order valence-corrected chi connectivity index (χ4v) is 4.24. The van der Waals surface area contributed by atoms with Gasteiger partial charge < -0.3 is 31.3 Å². The first-order chi connectivity index (χ1) is 17.5. The van der Waals surface area contributed by atoms with Gasteiger partial charge in [0.25, 0.3) is 0 Å². The van der Waals surface area contributed by atoms with Crippen molar-refractivity contribution in [1.29, 1.82) is 0 Å². The number of ether oxygens (including phenoxy) is 1. The average Bonchev–Trinajstić information content (AvgIpc) is 2.85. The zero-order chi connectivity index (χ0) is 28.0. The molecule has 1 unspecified atom stereocenters. The molecule has 0 aromatic heterocycles. The predicted molar refractivity (Wildman–Crippen MR) is 139 cm³/mol. The smallest absolute Gasteiger partial charge is 0.322 e. The number of carboxylic acids is 2. The Labute approximate surface area is 220 Å². The first-order valence-electron chi connectivity index (χ1n) is 11.8. The van der Waals surface area contributed by atoms with E-state index in [2.05, 4.69) is 10.6 Å². The van der Waals surface area contributed by atoms with Crippen LogP contribution in [-0.4, -0.2) is 83.3 Å². The summed E-state index contributed by atoms with van der Waals surface area (Å²) in [5, 5.41) is 22.4.